The van der Waals surface area contributed by atoms with E-state index in [1.54, 1.807) is 6.07 Å². The molecule has 0 aromatic carbocycles. The minimum Gasteiger partial charge on any atom is -0.482 e. The van der Waals surface area contributed by atoms with Gasteiger partial charge >= 0.3 is 6.18 Å². The van der Waals surface area contributed by atoms with Crippen molar-refractivity contribution in [2.75, 3.05) is 34.8 Å². The molecule has 0 aliphatic rings. The normalized spacial score (nSPS) is 11.0. The van der Waals surface area contributed by atoms with Gasteiger partial charge in [-0.3, -0.25) is 4.98 Å². The smallest absolute Gasteiger partial charge is 0.422 e. The van der Waals surface area contributed by atoms with E-state index >= 15 is 0 Å². The van der Waals surface area contributed by atoms with Gasteiger partial charge in [0.25, 0.3) is 0 Å². The van der Waals surface area contributed by atoms with Crippen molar-refractivity contribution in [1.29, 1.82) is 0 Å². The van der Waals surface area contributed by atoms with Gasteiger partial charge in [-0.25, -0.2) is 4.99 Å². The fourth-order valence-electron chi connectivity index (χ4n) is 1.67. The lowest BCUT2D eigenvalue weighted by molar-refractivity contribution is -0.153. The van der Waals surface area contributed by atoms with Crippen LogP contribution in [0.2, 0.25) is 0 Å². The van der Waals surface area contributed by atoms with Gasteiger partial charge in [-0.15, -0.1) is 0 Å². The molecule has 0 saturated carbocycles. The monoisotopic (exact) mass is 304 g/mol. The first-order valence-corrected chi connectivity index (χ1v) is 6.22. The van der Waals surface area contributed by atoms with Gasteiger partial charge in [-0.05, 0) is 6.07 Å². The highest BCUT2D eigenvalue weighted by molar-refractivity contribution is 5.79. The Morgan fingerprint density at radius 3 is 2.38 bits per heavy atom. The van der Waals surface area contributed by atoms with Crippen molar-refractivity contribution in [3.8, 4) is 5.75 Å². The Labute approximate surface area is 122 Å². The number of rotatable bonds is 4. The van der Waals surface area contributed by atoms with E-state index in [4.69, 9.17) is 4.74 Å². The minimum atomic E-state index is -4.38. The average Bonchev–Trinajstić information content (AvgIpc) is 2.36. The molecule has 21 heavy (non-hydrogen) atoms. The van der Waals surface area contributed by atoms with Gasteiger partial charge in [0.1, 0.15) is 5.75 Å². The number of nitrogens with zero attached hydrogens (tertiary/aromatic N) is 4. The molecule has 1 rings (SSSR count). The fourth-order valence-corrected chi connectivity index (χ4v) is 1.67. The number of hydrogen-bond donors (Lipinski definition) is 0. The first-order valence-electron chi connectivity index (χ1n) is 6.22. The molecule has 118 valence electrons. The summed E-state index contributed by atoms with van der Waals surface area (Å²) < 4.78 is 41.4. The minimum absolute atomic E-state index is 0.0930. The summed E-state index contributed by atoms with van der Waals surface area (Å²) in [6.45, 7) is -1.13. The van der Waals surface area contributed by atoms with Crippen molar-refractivity contribution in [3.63, 3.8) is 0 Å². The summed E-state index contributed by atoms with van der Waals surface area (Å²) in [4.78, 5) is 11.8. The highest BCUT2D eigenvalue weighted by atomic mass is 19.4. The molecule has 0 bridgehead atoms. The molecule has 0 atom stereocenters. The van der Waals surface area contributed by atoms with Crippen LogP contribution in [0.4, 0.5) is 13.2 Å². The molecule has 0 amide bonds. The number of hydrogen-bond acceptors (Lipinski definition) is 3. The molecule has 0 saturated heterocycles. The lowest BCUT2D eigenvalue weighted by Crippen LogP contribution is -2.35. The van der Waals surface area contributed by atoms with Gasteiger partial charge < -0.3 is 14.5 Å². The number of ether oxygens (including phenoxy) is 1. The highest BCUT2D eigenvalue weighted by Crippen LogP contribution is 2.21. The molecular formula is C13H19F3N4O. The summed E-state index contributed by atoms with van der Waals surface area (Å²) in [7, 11) is 7.36. The van der Waals surface area contributed by atoms with Crippen LogP contribution in [0.15, 0.2) is 23.5 Å². The molecule has 0 radical (unpaired) electrons. The SMILES string of the molecule is CN(C)C(=NCc1ccncc1OCC(F)(F)F)N(C)C. The zero-order valence-electron chi connectivity index (χ0n) is 12.5. The topological polar surface area (TPSA) is 41.0 Å². The lowest BCUT2D eigenvalue weighted by Gasteiger charge is -2.22. The molecule has 1 aromatic rings. The van der Waals surface area contributed by atoms with Crippen LogP contribution in [0.5, 0.6) is 5.75 Å². The molecule has 5 nitrogen and oxygen atoms in total. The molecule has 8 heteroatoms. The Kier molecular flexibility index (Phi) is 5.80. The summed E-state index contributed by atoms with van der Waals surface area (Å²) in [5.74, 6) is 0.795. The quantitative estimate of drug-likeness (QED) is 0.630. The van der Waals surface area contributed by atoms with Crippen molar-refractivity contribution < 1.29 is 17.9 Å². The third-order valence-electron chi connectivity index (χ3n) is 2.45. The van der Waals surface area contributed by atoms with Crippen LogP contribution in [-0.2, 0) is 6.54 Å². The van der Waals surface area contributed by atoms with Gasteiger partial charge in [0, 0.05) is 40.0 Å². The summed E-state index contributed by atoms with van der Waals surface area (Å²) in [5, 5.41) is 0. The second-order valence-electron chi connectivity index (χ2n) is 4.79. The zero-order chi connectivity index (χ0) is 16.0. The summed E-state index contributed by atoms with van der Waals surface area (Å²) in [6.07, 6.45) is -1.62. The van der Waals surface area contributed by atoms with Crippen LogP contribution in [0.1, 0.15) is 5.56 Å². The number of aliphatic imine (C=N–C) groups is 1. The van der Waals surface area contributed by atoms with Crippen molar-refractivity contribution in [2.45, 2.75) is 12.7 Å². The third-order valence-corrected chi connectivity index (χ3v) is 2.45. The standard InChI is InChI=1S/C13H19F3N4O/c1-19(2)12(20(3)4)18-7-10-5-6-17-8-11(10)21-9-13(14,15)16/h5-6,8H,7,9H2,1-4H3. The number of guanidine groups is 1. The molecule has 0 spiro atoms. The predicted molar refractivity (Wildman–Crippen MR) is 74.3 cm³/mol. The zero-order valence-corrected chi connectivity index (χ0v) is 12.5. The Balaban J connectivity index is 2.86. The van der Waals surface area contributed by atoms with Crippen LogP contribution in [-0.4, -0.2) is 61.7 Å². The van der Waals surface area contributed by atoms with Crippen molar-refractivity contribution in [1.82, 2.24) is 14.8 Å². The van der Waals surface area contributed by atoms with Crippen LogP contribution >= 0.6 is 0 Å². The van der Waals surface area contributed by atoms with Crippen LogP contribution in [0.3, 0.4) is 0 Å². The van der Waals surface area contributed by atoms with Crippen molar-refractivity contribution >= 4 is 5.96 Å². The maximum Gasteiger partial charge on any atom is 0.422 e. The van der Waals surface area contributed by atoms with E-state index in [1.165, 1.54) is 12.4 Å². The van der Waals surface area contributed by atoms with E-state index in [-0.39, 0.29) is 12.3 Å². The average molecular weight is 304 g/mol. The van der Waals surface area contributed by atoms with Crippen molar-refractivity contribution in [2.24, 2.45) is 4.99 Å². The first-order chi connectivity index (χ1) is 9.70. The molecular weight excluding hydrogens is 285 g/mol. The van der Waals surface area contributed by atoms with E-state index < -0.39 is 12.8 Å². The van der Waals surface area contributed by atoms with Crippen LogP contribution < -0.4 is 4.74 Å². The Morgan fingerprint density at radius 2 is 1.86 bits per heavy atom. The van der Waals surface area contributed by atoms with Crippen molar-refractivity contribution in [3.05, 3.63) is 24.0 Å². The molecule has 1 heterocycles. The molecule has 0 aliphatic carbocycles. The van der Waals surface area contributed by atoms with Gasteiger partial charge in [-0.2, -0.15) is 13.2 Å². The van der Waals surface area contributed by atoms with Gasteiger partial charge in [-0.1, -0.05) is 0 Å². The molecule has 1 aromatic heterocycles. The number of pyridine rings is 1. The second kappa shape index (κ2) is 7.14. The lowest BCUT2D eigenvalue weighted by atomic mass is 10.2. The summed E-state index contributed by atoms with van der Waals surface area (Å²) in [6, 6.07) is 1.60. The van der Waals surface area contributed by atoms with E-state index in [0.29, 0.717) is 11.5 Å². The Bertz CT molecular complexity index is 477. The molecule has 0 N–H and O–H groups in total. The third kappa shape index (κ3) is 5.88. The second-order valence-corrected chi connectivity index (χ2v) is 4.79. The molecule has 0 aliphatic heterocycles. The number of aromatic nitrogens is 1. The van der Waals surface area contributed by atoms with Crippen LogP contribution in [0.25, 0.3) is 0 Å². The fraction of sp³-hybridized carbons (Fsp3) is 0.538. The Hall–Kier alpha value is -1.99. The van der Waals surface area contributed by atoms with Gasteiger partial charge in [0.15, 0.2) is 12.6 Å². The predicted octanol–water partition coefficient (Wildman–Crippen LogP) is 2.00. The van der Waals surface area contributed by atoms with Gasteiger partial charge in [0.2, 0.25) is 0 Å². The van der Waals surface area contributed by atoms with Gasteiger partial charge in [0.05, 0.1) is 12.7 Å². The van der Waals surface area contributed by atoms with E-state index in [0.717, 1.165) is 0 Å². The summed E-state index contributed by atoms with van der Waals surface area (Å²) >= 11 is 0. The van der Waals surface area contributed by atoms with E-state index in [1.807, 2.05) is 38.0 Å². The maximum absolute atomic E-state index is 12.2. The number of alkyl halides is 3. The van der Waals surface area contributed by atoms with E-state index in [9.17, 15) is 13.2 Å². The first kappa shape index (κ1) is 17.1. The highest BCUT2D eigenvalue weighted by Gasteiger charge is 2.28. The largest absolute Gasteiger partial charge is 0.482 e. The maximum atomic E-state index is 12.2. The van der Waals surface area contributed by atoms with E-state index in [2.05, 4.69) is 9.98 Å². The summed E-state index contributed by atoms with van der Waals surface area (Å²) in [5.41, 5.74) is 0.551. The number of halogens is 3. The van der Waals surface area contributed by atoms with Crippen LogP contribution in [0, 0.1) is 0 Å². The molecule has 0 unspecified atom stereocenters. The molecule has 0 fully saturated rings. The Morgan fingerprint density at radius 1 is 1.24 bits per heavy atom.